The number of halogens is 1. The summed E-state index contributed by atoms with van der Waals surface area (Å²) in [5, 5.41) is 3.70. The largest absolute Gasteiger partial charge is 0.367 e. The Balaban J connectivity index is 1.77. The molecule has 26 heavy (non-hydrogen) atoms. The van der Waals surface area contributed by atoms with Crippen LogP contribution in [-0.4, -0.2) is 15.4 Å². The van der Waals surface area contributed by atoms with Crippen molar-refractivity contribution in [1.29, 1.82) is 0 Å². The van der Waals surface area contributed by atoms with Gasteiger partial charge >= 0.3 is 0 Å². The zero-order valence-corrected chi connectivity index (χ0v) is 15.4. The van der Waals surface area contributed by atoms with Crippen molar-refractivity contribution in [2.45, 2.75) is 38.6 Å². The molecule has 1 aliphatic rings. The van der Waals surface area contributed by atoms with Crippen molar-refractivity contribution in [3.8, 4) is 11.3 Å². The maximum absolute atomic E-state index is 14.6. The van der Waals surface area contributed by atoms with Gasteiger partial charge in [-0.15, -0.1) is 0 Å². The highest BCUT2D eigenvalue weighted by molar-refractivity contribution is 7.23. The van der Waals surface area contributed by atoms with Crippen LogP contribution in [0.25, 0.3) is 26.4 Å². The number of imidazole rings is 1. The molecule has 5 heteroatoms. The Morgan fingerprint density at radius 3 is 2.81 bits per heavy atom. The second-order valence-electron chi connectivity index (χ2n) is 7.11. The normalized spacial score (nSPS) is 15.3. The molecule has 0 unspecified atom stereocenters. The molecule has 2 aromatic heterocycles. The molecule has 5 rings (SSSR count). The van der Waals surface area contributed by atoms with E-state index in [2.05, 4.69) is 21.9 Å². The van der Waals surface area contributed by atoms with Crippen molar-refractivity contribution in [2.24, 2.45) is 0 Å². The molecule has 4 aromatic rings. The number of aromatic nitrogens is 2. The van der Waals surface area contributed by atoms with E-state index in [1.165, 1.54) is 23.6 Å². The van der Waals surface area contributed by atoms with Crippen molar-refractivity contribution in [3.63, 3.8) is 0 Å². The van der Waals surface area contributed by atoms with Gasteiger partial charge in [-0.25, -0.2) is 9.37 Å². The second kappa shape index (κ2) is 6.09. The number of rotatable bonds is 3. The van der Waals surface area contributed by atoms with E-state index in [1.54, 1.807) is 17.4 Å². The summed E-state index contributed by atoms with van der Waals surface area (Å²) in [5.74, 6) is 0.703. The smallest absolute Gasteiger partial charge is 0.197 e. The lowest BCUT2D eigenvalue weighted by Gasteiger charge is -2.15. The average molecular weight is 365 g/mol. The second-order valence-corrected chi connectivity index (χ2v) is 8.11. The summed E-state index contributed by atoms with van der Waals surface area (Å²) in [6, 6.07) is 14.0. The van der Waals surface area contributed by atoms with Crippen molar-refractivity contribution >= 4 is 32.3 Å². The summed E-state index contributed by atoms with van der Waals surface area (Å²) in [4.78, 5) is 5.75. The third-order valence-electron chi connectivity index (χ3n) is 5.23. The quantitative estimate of drug-likeness (QED) is 0.481. The SMILES string of the molecule is Cc1ccc(F)c(-c2nc3sc4ccccc4n3c2NC2CCCC2)c1. The van der Waals surface area contributed by atoms with E-state index in [9.17, 15) is 4.39 Å². The van der Waals surface area contributed by atoms with Crippen molar-refractivity contribution < 1.29 is 4.39 Å². The van der Waals surface area contributed by atoms with Crippen LogP contribution in [0, 0.1) is 12.7 Å². The van der Waals surface area contributed by atoms with Gasteiger partial charge in [-0.3, -0.25) is 4.40 Å². The summed E-state index contributed by atoms with van der Waals surface area (Å²) < 4.78 is 18.0. The van der Waals surface area contributed by atoms with Crippen LogP contribution in [0.15, 0.2) is 42.5 Å². The number of para-hydroxylation sites is 1. The molecular weight excluding hydrogens is 345 g/mol. The van der Waals surface area contributed by atoms with Gasteiger partial charge in [0.05, 0.1) is 10.2 Å². The standard InChI is InChI=1S/C21H20FN3S/c1-13-10-11-16(22)15(12-13)19-20(23-14-6-2-3-7-14)25-17-8-4-5-9-18(17)26-21(25)24-19/h4-5,8-12,14,23H,2-3,6-7H2,1H3. The fourth-order valence-electron chi connectivity index (χ4n) is 3.92. The fraction of sp³-hybridized carbons (Fsp3) is 0.286. The summed E-state index contributed by atoms with van der Waals surface area (Å²) in [7, 11) is 0. The number of benzene rings is 2. The summed E-state index contributed by atoms with van der Waals surface area (Å²) in [6.07, 6.45) is 4.81. The minimum Gasteiger partial charge on any atom is -0.367 e. The zero-order chi connectivity index (χ0) is 17.7. The van der Waals surface area contributed by atoms with E-state index in [4.69, 9.17) is 4.98 Å². The summed E-state index contributed by atoms with van der Waals surface area (Å²) >= 11 is 1.65. The van der Waals surface area contributed by atoms with Gasteiger partial charge in [0.25, 0.3) is 0 Å². The first-order valence-electron chi connectivity index (χ1n) is 9.14. The highest BCUT2D eigenvalue weighted by Crippen LogP contribution is 2.38. The molecule has 0 spiro atoms. The Morgan fingerprint density at radius 2 is 1.96 bits per heavy atom. The van der Waals surface area contributed by atoms with Gasteiger partial charge in [0, 0.05) is 11.6 Å². The number of fused-ring (bicyclic) bond motifs is 3. The Bertz CT molecular complexity index is 1110. The maximum Gasteiger partial charge on any atom is 0.197 e. The minimum atomic E-state index is -0.222. The predicted molar refractivity (Wildman–Crippen MR) is 107 cm³/mol. The van der Waals surface area contributed by atoms with Gasteiger partial charge in [-0.2, -0.15) is 0 Å². The van der Waals surface area contributed by atoms with E-state index in [-0.39, 0.29) is 5.82 Å². The first-order valence-corrected chi connectivity index (χ1v) is 9.95. The summed E-state index contributed by atoms with van der Waals surface area (Å²) in [5.41, 5.74) is 3.45. The fourth-order valence-corrected chi connectivity index (χ4v) is 4.95. The molecule has 1 fully saturated rings. The number of anilines is 1. The molecule has 2 aromatic carbocycles. The number of aryl methyl sites for hydroxylation is 1. The molecule has 132 valence electrons. The van der Waals surface area contributed by atoms with Gasteiger partial charge in [0.15, 0.2) is 4.96 Å². The highest BCUT2D eigenvalue weighted by atomic mass is 32.1. The van der Waals surface area contributed by atoms with Crippen LogP contribution < -0.4 is 5.32 Å². The van der Waals surface area contributed by atoms with E-state index in [1.807, 2.05) is 25.1 Å². The summed E-state index contributed by atoms with van der Waals surface area (Å²) in [6.45, 7) is 1.99. The van der Waals surface area contributed by atoms with Crippen molar-refractivity contribution in [1.82, 2.24) is 9.38 Å². The molecule has 1 N–H and O–H groups in total. The zero-order valence-electron chi connectivity index (χ0n) is 14.6. The first kappa shape index (κ1) is 15.8. The third kappa shape index (κ3) is 2.50. The molecule has 0 atom stereocenters. The van der Waals surface area contributed by atoms with Crippen LogP contribution in [0.2, 0.25) is 0 Å². The van der Waals surface area contributed by atoms with Crippen molar-refractivity contribution in [2.75, 3.05) is 5.32 Å². The molecule has 0 aliphatic heterocycles. The lowest BCUT2D eigenvalue weighted by atomic mass is 10.1. The van der Waals surface area contributed by atoms with E-state index in [0.717, 1.165) is 40.4 Å². The number of nitrogens with one attached hydrogen (secondary N) is 1. The minimum absolute atomic E-state index is 0.222. The van der Waals surface area contributed by atoms with Crippen molar-refractivity contribution in [3.05, 3.63) is 53.8 Å². The van der Waals surface area contributed by atoms with Gasteiger partial charge in [-0.1, -0.05) is 47.9 Å². The van der Waals surface area contributed by atoms with Crippen LogP contribution in [0.3, 0.4) is 0 Å². The topological polar surface area (TPSA) is 29.3 Å². The van der Waals surface area contributed by atoms with Crippen LogP contribution in [0.1, 0.15) is 31.2 Å². The predicted octanol–water partition coefficient (Wildman–Crippen LogP) is 6.02. The molecule has 0 bridgehead atoms. The van der Waals surface area contributed by atoms with Gasteiger partial charge in [-0.05, 0) is 44.0 Å². The monoisotopic (exact) mass is 365 g/mol. The molecular formula is C21H20FN3S. The Kier molecular flexibility index (Phi) is 3.71. The molecule has 1 aliphatic carbocycles. The molecule has 1 saturated carbocycles. The average Bonchev–Trinajstić information content (AvgIpc) is 3.34. The number of hydrogen-bond donors (Lipinski definition) is 1. The van der Waals surface area contributed by atoms with Gasteiger partial charge < -0.3 is 5.32 Å². The lowest BCUT2D eigenvalue weighted by molar-refractivity contribution is 0.630. The van der Waals surface area contributed by atoms with Crippen LogP contribution in [0.4, 0.5) is 10.2 Å². The van der Waals surface area contributed by atoms with E-state index >= 15 is 0 Å². The van der Waals surface area contributed by atoms with E-state index in [0.29, 0.717) is 11.6 Å². The maximum atomic E-state index is 14.6. The van der Waals surface area contributed by atoms with Gasteiger partial charge in [0.1, 0.15) is 17.3 Å². The molecule has 0 saturated heterocycles. The third-order valence-corrected chi connectivity index (χ3v) is 6.25. The first-order chi connectivity index (χ1) is 12.7. The number of nitrogens with zero attached hydrogens (tertiary/aromatic N) is 2. The Morgan fingerprint density at radius 1 is 1.15 bits per heavy atom. The number of thiazole rings is 1. The number of hydrogen-bond acceptors (Lipinski definition) is 3. The lowest BCUT2D eigenvalue weighted by Crippen LogP contribution is -2.16. The molecule has 3 nitrogen and oxygen atoms in total. The Labute approximate surface area is 155 Å². The highest BCUT2D eigenvalue weighted by Gasteiger charge is 2.24. The Hall–Kier alpha value is -2.40. The van der Waals surface area contributed by atoms with Gasteiger partial charge in [0.2, 0.25) is 0 Å². The van der Waals surface area contributed by atoms with Crippen LogP contribution >= 0.6 is 11.3 Å². The van der Waals surface area contributed by atoms with Crippen LogP contribution in [0.5, 0.6) is 0 Å². The van der Waals surface area contributed by atoms with Crippen LogP contribution in [-0.2, 0) is 0 Å². The molecule has 2 heterocycles. The molecule has 0 amide bonds. The molecule has 0 radical (unpaired) electrons. The van der Waals surface area contributed by atoms with E-state index < -0.39 is 0 Å².